The first kappa shape index (κ1) is 8.89. The second-order valence-corrected chi connectivity index (χ2v) is 3.42. The van der Waals surface area contributed by atoms with E-state index in [1.807, 2.05) is 0 Å². The molecular formula is C5H11O3P. The van der Waals surface area contributed by atoms with Gasteiger partial charge in [0, 0.05) is 0 Å². The zero-order valence-corrected chi connectivity index (χ0v) is 6.30. The molecule has 0 bridgehead atoms. The van der Waals surface area contributed by atoms with Crippen LogP contribution in [0.4, 0.5) is 0 Å². The molecule has 0 aromatic heterocycles. The molecule has 0 saturated carbocycles. The summed E-state index contributed by atoms with van der Waals surface area (Å²) in [4.78, 5) is 8.78. The molecule has 0 aromatic carbocycles. The Labute approximate surface area is 54.9 Å². The SMILES string of the molecule is C=CCP(=O)(O)OCC. The van der Waals surface area contributed by atoms with Gasteiger partial charge in [0.05, 0.1) is 12.8 Å². The fraction of sp³-hybridized carbons (Fsp3) is 0.600. The number of allylic oxidation sites excluding steroid dienone is 1. The first-order valence-electron chi connectivity index (χ1n) is 2.69. The van der Waals surface area contributed by atoms with Crippen LogP contribution >= 0.6 is 7.60 Å². The quantitative estimate of drug-likeness (QED) is 0.486. The molecule has 0 aromatic rings. The van der Waals surface area contributed by atoms with Crippen LogP contribution in [-0.2, 0) is 9.09 Å². The van der Waals surface area contributed by atoms with Crippen LogP contribution in [0.2, 0.25) is 0 Å². The summed E-state index contributed by atoms with van der Waals surface area (Å²) in [6.45, 7) is 5.25. The summed E-state index contributed by atoms with van der Waals surface area (Å²) < 4.78 is 15.2. The van der Waals surface area contributed by atoms with E-state index in [4.69, 9.17) is 4.89 Å². The van der Waals surface area contributed by atoms with Crippen LogP contribution in [0.25, 0.3) is 0 Å². The maximum atomic E-state index is 10.7. The molecule has 1 unspecified atom stereocenters. The van der Waals surface area contributed by atoms with Crippen LogP contribution < -0.4 is 0 Å². The molecule has 4 heteroatoms. The molecule has 0 radical (unpaired) electrons. The zero-order chi connectivity index (χ0) is 7.33. The van der Waals surface area contributed by atoms with Gasteiger partial charge in [-0.1, -0.05) is 6.08 Å². The summed E-state index contributed by atoms with van der Waals surface area (Å²) in [5.74, 6) is 0. The fourth-order valence-corrected chi connectivity index (χ4v) is 1.25. The lowest BCUT2D eigenvalue weighted by Crippen LogP contribution is -1.90. The largest absolute Gasteiger partial charge is 0.331 e. The summed E-state index contributed by atoms with van der Waals surface area (Å²) in [6, 6.07) is 0. The molecule has 0 rings (SSSR count). The highest BCUT2D eigenvalue weighted by atomic mass is 31.2. The monoisotopic (exact) mass is 150 g/mol. The first-order valence-corrected chi connectivity index (χ1v) is 4.46. The van der Waals surface area contributed by atoms with Gasteiger partial charge in [-0.15, -0.1) is 6.58 Å². The van der Waals surface area contributed by atoms with E-state index >= 15 is 0 Å². The van der Waals surface area contributed by atoms with Crippen molar-refractivity contribution >= 4 is 7.60 Å². The normalized spacial score (nSPS) is 16.7. The minimum absolute atomic E-state index is 0.0286. The Morgan fingerprint density at radius 3 is 2.78 bits per heavy atom. The Bertz CT molecular complexity index is 132. The van der Waals surface area contributed by atoms with Gasteiger partial charge in [0.15, 0.2) is 0 Å². The van der Waals surface area contributed by atoms with Gasteiger partial charge in [-0.25, -0.2) is 0 Å². The highest BCUT2D eigenvalue weighted by molar-refractivity contribution is 7.53. The van der Waals surface area contributed by atoms with Crippen LogP contribution in [-0.4, -0.2) is 17.7 Å². The average molecular weight is 150 g/mol. The fourth-order valence-electron chi connectivity index (χ4n) is 0.418. The number of rotatable bonds is 4. The topological polar surface area (TPSA) is 46.5 Å². The van der Waals surface area contributed by atoms with Crippen molar-refractivity contribution in [3.05, 3.63) is 12.7 Å². The lowest BCUT2D eigenvalue weighted by atomic mass is 10.8. The third-order valence-corrected chi connectivity index (χ3v) is 2.07. The van der Waals surface area contributed by atoms with Gasteiger partial charge in [0.25, 0.3) is 0 Å². The highest BCUT2D eigenvalue weighted by Crippen LogP contribution is 2.41. The molecule has 0 fully saturated rings. The Balaban J connectivity index is 3.71. The van der Waals surface area contributed by atoms with E-state index in [-0.39, 0.29) is 12.8 Å². The maximum Gasteiger partial charge on any atom is 0.331 e. The molecular weight excluding hydrogens is 139 g/mol. The molecule has 0 aliphatic carbocycles. The van der Waals surface area contributed by atoms with Crippen molar-refractivity contribution in [2.24, 2.45) is 0 Å². The summed E-state index contributed by atoms with van der Waals surface area (Å²) in [5.41, 5.74) is 0. The Morgan fingerprint density at radius 1 is 1.89 bits per heavy atom. The Kier molecular flexibility index (Phi) is 3.78. The first-order chi connectivity index (χ1) is 4.12. The van der Waals surface area contributed by atoms with E-state index in [0.717, 1.165) is 0 Å². The average Bonchev–Trinajstić information content (AvgIpc) is 1.64. The van der Waals surface area contributed by atoms with Crippen LogP contribution in [0.15, 0.2) is 12.7 Å². The lowest BCUT2D eigenvalue weighted by Gasteiger charge is -2.06. The highest BCUT2D eigenvalue weighted by Gasteiger charge is 2.14. The predicted molar refractivity (Wildman–Crippen MR) is 36.5 cm³/mol. The summed E-state index contributed by atoms with van der Waals surface area (Å²) in [6.07, 6.45) is 1.40. The van der Waals surface area contributed by atoms with E-state index < -0.39 is 7.60 Å². The van der Waals surface area contributed by atoms with Crippen molar-refractivity contribution in [2.45, 2.75) is 6.92 Å². The molecule has 9 heavy (non-hydrogen) atoms. The molecule has 0 heterocycles. The van der Waals surface area contributed by atoms with Gasteiger partial charge in [-0.2, -0.15) is 0 Å². The van der Waals surface area contributed by atoms with Gasteiger partial charge >= 0.3 is 7.60 Å². The minimum Gasteiger partial charge on any atom is -0.324 e. The zero-order valence-electron chi connectivity index (χ0n) is 5.41. The maximum absolute atomic E-state index is 10.7. The summed E-state index contributed by atoms with van der Waals surface area (Å²) >= 11 is 0. The van der Waals surface area contributed by atoms with Crippen molar-refractivity contribution in [3.63, 3.8) is 0 Å². The number of hydrogen-bond donors (Lipinski definition) is 1. The number of hydrogen-bond acceptors (Lipinski definition) is 2. The molecule has 3 nitrogen and oxygen atoms in total. The second kappa shape index (κ2) is 3.83. The van der Waals surface area contributed by atoms with Crippen LogP contribution in [0, 0.1) is 0 Å². The van der Waals surface area contributed by atoms with Crippen LogP contribution in [0.3, 0.4) is 0 Å². The van der Waals surface area contributed by atoms with E-state index in [0.29, 0.717) is 0 Å². The van der Waals surface area contributed by atoms with Crippen LogP contribution in [0.5, 0.6) is 0 Å². The summed E-state index contributed by atoms with van der Waals surface area (Å²) in [7, 11) is -3.31. The third-order valence-electron chi connectivity index (χ3n) is 0.691. The molecule has 0 spiro atoms. The predicted octanol–water partition coefficient (Wildman–Crippen LogP) is 1.39. The van der Waals surface area contributed by atoms with E-state index in [9.17, 15) is 4.57 Å². The van der Waals surface area contributed by atoms with Crippen molar-refractivity contribution in [2.75, 3.05) is 12.8 Å². The molecule has 0 aliphatic heterocycles. The van der Waals surface area contributed by atoms with Gasteiger partial charge in [-0.05, 0) is 6.92 Å². The van der Waals surface area contributed by atoms with E-state index in [2.05, 4.69) is 11.1 Å². The van der Waals surface area contributed by atoms with E-state index in [1.54, 1.807) is 6.92 Å². The molecule has 54 valence electrons. The smallest absolute Gasteiger partial charge is 0.324 e. The van der Waals surface area contributed by atoms with Crippen LogP contribution in [0.1, 0.15) is 6.92 Å². The van der Waals surface area contributed by atoms with Crippen molar-refractivity contribution in [3.8, 4) is 0 Å². The van der Waals surface area contributed by atoms with Gasteiger partial charge in [-0.3, -0.25) is 4.57 Å². The standard InChI is InChI=1S/C5H11O3P/c1-3-5-9(6,7)8-4-2/h3H,1,4-5H2,2H3,(H,6,7). The second-order valence-electron chi connectivity index (χ2n) is 1.53. The molecule has 1 N–H and O–H groups in total. The Hall–Kier alpha value is -0.110. The Morgan fingerprint density at radius 2 is 2.44 bits per heavy atom. The third kappa shape index (κ3) is 4.40. The van der Waals surface area contributed by atoms with Crippen molar-refractivity contribution < 1.29 is 14.0 Å². The van der Waals surface area contributed by atoms with Crippen molar-refractivity contribution in [1.82, 2.24) is 0 Å². The van der Waals surface area contributed by atoms with E-state index in [1.165, 1.54) is 6.08 Å². The molecule has 0 aliphatic rings. The van der Waals surface area contributed by atoms with Gasteiger partial charge < -0.3 is 9.42 Å². The molecule has 0 saturated heterocycles. The van der Waals surface area contributed by atoms with Gasteiger partial charge in [0.1, 0.15) is 0 Å². The lowest BCUT2D eigenvalue weighted by molar-refractivity contribution is 0.276. The minimum atomic E-state index is -3.31. The molecule has 0 amide bonds. The summed E-state index contributed by atoms with van der Waals surface area (Å²) in [5, 5.41) is 0. The van der Waals surface area contributed by atoms with Gasteiger partial charge in [0.2, 0.25) is 0 Å². The molecule has 1 atom stereocenters. The van der Waals surface area contributed by atoms with Crippen molar-refractivity contribution in [1.29, 1.82) is 0 Å².